The Kier molecular flexibility index (Phi) is 4.54. The number of benzene rings is 1. The zero-order valence-corrected chi connectivity index (χ0v) is 14.3. The molecule has 2 atom stereocenters. The number of carbonyl (C=O) groups excluding carboxylic acids is 1. The zero-order valence-electron chi connectivity index (χ0n) is 14.3. The van der Waals surface area contributed by atoms with Crippen molar-refractivity contribution in [3.63, 3.8) is 0 Å². The summed E-state index contributed by atoms with van der Waals surface area (Å²) in [5.74, 6) is 3.18. The van der Waals surface area contributed by atoms with Crippen molar-refractivity contribution in [2.24, 2.45) is 17.8 Å². The van der Waals surface area contributed by atoms with Gasteiger partial charge in [0.05, 0.1) is 11.0 Å². The third kappa shape index (κ3) is 3.47. The van der Waals surface area contributed by atoms with E-state index in [1.807, 2.05) is 24.3 Å². The molecule has 1 aromatic carbocycles. The van der Waals surface area contributed by atoms with Crippen molar-refractivity contribution in [1.82, 2.24) is 15.3 Å². The number of aromatic amines is 1. The van der Waals surface area contributed by atoms with Crippen LogP contribution in [0.25, 0.3) is 11.0 Å². The SMILES string of the molecule is O=C(NCCCc1nc2ccccc2[nH]1)C1CC2CCCC(C2)C1. The molecule has 2 saturated carbocycles. The monoisotopic (exact) mass is 325 g/mol. The van der Waals surface area contributed by atoms with Crippen molar-refractivity contribution in [3.05, 3.63) is 30.1 Å². The van der Waals surface area contributed by atoms with Crippen LogP contribution in [-0.2, 0) is 11.2 Å². The van der Waals surface area contributed by atoms with Crippen molar-refractivity contribution < 1.29 is 4.79 Å². The van der Waals surface area contributed by atoms with E-state index in [0.29, 0.717) is 0 Å². The standard InChI is InChI=1S/C20H27N3O/c24-20(16-12-14-5-3-6-15(11-14)13-16)21-10-4-9-19-22-17-7-1-2-8-18(17)23-19/h1-2,7-8,14-16H,3-6,9-13H2,(H,21,24)(H,22,23). The average Bonchev–Trinajstić information content (AvgIpc) is 3.01. The minimum Gasteiger partial charge on any atom is -0.356 e. The predicted octanol–water partition coefficient (Wildman–Crippen LogP) is 3.83. The van der Waals surface area contributed by atoms with Crippen molar-refractivity contribution in [1.29, 1.82) is 0 Å². The van der Waals surface area contributed by atoms with Gasteiger partial charge in [-0.15, -0.1) is 0 Å². The lowest BCUT2D eigenvalue weighted by Crippen LogP contribution is -2.38. The third-order valence-corrected chi connectivity index (χ3v) is 5.83. The summed E-state index contributed by atoms with van der Waals surface area (Å²) in [4.78, 5) is 20.4. The van der Waals surface area contributed by atoms with Crippen LogP contribution in [0.5, 0.6) is 0 Å². The summed E-state index contributed by atoms with van der Waals surface area (Å²) >= 11 is 0. The van der Waals surface area contributed by atoms with Crippen LogP contribution in [0.2, 0.25) is 0 Å². The number of H-pyrrole nitrogens is 1. The van der Waals surface area contributed by atoms with Crippen LogP contribution in [0.4, 0.5) is 0 Å². The number of aromatic nitrogens is 2. The van der Waals surface area contributed by atoms with E-state index in [9.17, 15) is 4.79 Å². The Bertz CT molecular complexity index is 663. The maximum Gasteiger partial charge on any atom is 0.223 e. The van der Waals surface area contributed by atoms with Crippen LogP contribution < -0.4 is 5.32 Å². The Morgan fingerprint density at radius 1 is 1.17 bits per heavy atom. The molecule has 2 N–H and O–H groups in total. The third-order valence-electron chi connectivity index (χ3n) is 5.83. The van der Waals surface area contributed by atoms with E-state index in [1.165, 1.54) is 25.7 Å². The fourth-order valence-corrected chi connectivity index (χ4v) is 4.68. The van der Waals surface area contributed by atoms with Gasteiger partial charge >= 0.3 is 0 Å². The predicted molar refractivity (Wildman–Crippen MR) is 95.6 cm³/mol. The molecular formula is C20H27N3O. The quantitative estimate of drug-likeness (QED) is 0.821. The largest absolute Gasteiger partial charge is 0.356 e. The molecule has 128 valence electrons. The zero-order chi connectivity index (χ0) is 16.4. The number of amides is 1. The molecule has 1 heterocycles. The Labute approximate surface area is 143 Å². The summed E-state index contributed by atoms with van der Waals surface area (Å²) in [5, 5.41) is 3.17. The van der Waals surface area contributed by atoms with Gasteiger partial charge in [-0.25, -0.2) is 4.98 Å². The Morgan fingerprint density at radius 3 is 2.75 bits per heavy atom. The molecule has 1 amide bonds. The number of imidazole rings is 1. The Balaban J connectivity index is 1.23. The van der Waals surface area contributed by atoms with Crippen LogP contribution in [0, 0.1) is 17.8 Å². The smallest absolute Gasteiger partial charge is 0.223 e. The molecular weight excluding hydrogens is 298 g/mol. The first-order valence-corrected chi connectivity index (χ1v) is 9.49. The number of hydrogen-bond acceptors (Lipinski definition) is 2. The lowest BCUT2D eigenvalue weighted by molar-refractivity contribution is -0.127. The lowest BCUT2D eigenvalue weighted by atomic mass is 9.68. The van der Waals surface area contributed by atoms with Gasteiger partial charge in [-0.3, -0.25) is 4.79 Å². The van der Waals surface area contributed by atoms with Crippen LogP contribution >= 0.6 is 0 Å². The fraction of sp³-hybridized carbons (Fsp3) is 0.600. The molecule has 2 aliphatic carbocycles. The molecule has 4 rings (SSSR count). The molecule has 4 nitrogen and oxygen atoms in total. The molecule has 0 radical (unpaired) electrons. The van der Waals surface area contributed by atoms with E-state index < -0.39 is 0 Å². The average molecular weight is 325 g/mol. The second-order valence-corrected chi connectivity index (χ2v) is 7.66. The van der Waals surface area contributed by atoms with E-state index in [1.54, 1.807) is 0 Å². The molecule has 2 fully saturated rings. The minimum absolute atomic E-state index is 0.264. The van der Waals surface area contributed by atoms with Gasteiger partial charge in [0.25, 0.3) is 0 Å². The van der Waals surface area contributed by atoms with Crippen LogP contribution in [0.3, 0.4) is 0 Å². The Morgan fingerprint density at radius 2 is 1.96 bits per heavy atom. The van der Waals surface area contributed by atoms with Gasteiger partial charge in [0, 0.05) is 18.9 Å². The van der Waals surface area contributed by atoms with Crippen molar-refractivity contribution in [3.8, 4) is 0 Å². The summed E-state index contributed by atoms with van der Waals surface area (Å²) in [7, 11) is 0. The first kappa shape index (κ1) is 15.7. The Hall–Kier alpha value is -1.84. The molecule has 2 bridgehead atoms. The van der Waals surface area contributed by atoms with E-state index in [4.69, 9.17) is 0 Å². The number of nitrogens with one attached hydrogen (secondary N) is 2. The molecule has 2 aliphatic rings. The highest BCUT2D eigenvalue weighted by molar-refractivity contribution is 5.78. The first-order valence-electron chi connectivity index (χ1n) is 9.49. The number of nitrogens with zero attached hydrogens (tertiary/aromatic N) is 1. The second kappa shape index (κ2) is 6.96. The number of aryl methyl sites for hydroxylation is 1. The fourth-order valence-electron chi connectivity index (χ4n) is 4.68. The second-order valence-electron chi connectivity index (χ2n) is 7.66. The van der Waals surface area contributed by atoms with Gasteiger partial charge in [0.15, 0.2) is 0 Å². The van der Waals surface area contributed by atoms with Crippen LogP contribution in [-0.4, -0.2) is 22.4 Å². The number of hydrogen-bond donors (Lipinski definition) is 2. The summed E-state index contributed by atoms with van der Waals surface area (Å²) < 4.78 is 0. The maximum atomic E-state index is 12.4. The van der Waals surface area contributed by atoms with Crippen molar-refractivity contribution in [2.75, 3.05) is 6.54 Å². The number of fused-ring (bicyclic) bond motifs is 3. The maximum absolute atomic E-state index is 12.4. The lowest BCUT2D eigenvalue weighted by Gasteiger charge is -2.38. The molecule has 4 heteroatoms. The van der Waals surface area contributed by atoms with E-state index in [-0.39, 0.29) is 11.8 Å². The molecule has 0 spiro atoms. The highest BCUT2D eigenvalue weighted by Crippen LogP contribution is 2.42. The van der Waals surface area contributed by atoms with Gasteiger partial charge in [0.1, 0.15) is 5.82 Å². The summed E-state index contributed by atoms with van der Waals surface area (Å²) in [6.45, 7) is 0.752. The highest BCUT2D eigenvalue weighted by Gasteiger charge is 2.34. The summed E-state index contributed by atoms with van der Waals surface area (Å²) in [5.41, 5.74) is 2.11. The number of para-hydroxylation sites is 2. The van der Waals surface area contributed by atoms with Crippen molar-refractivity contribution in [2.45, 2.75) is 51.4 Å². The molecule has 0 saturated heterocycles. The molecule has 2 unspecified atom stereocenters. The van der Waals surface area contributed by atoms with Gasteiger partial charge in [-0.1, -0.05) is 31.4 Å². The first-order chi connectivity index (χ1) is 11.8. The molecule has 1 aromatic heterocycles. The van der Waals surface area contributed by atoms with E-state index in [2.05, 4.69) is 15.3 Å². The van der Waals surface area contributed by atoms with Gasteiger partial charge in [0.2, 0.25) is 5.91 Å². The molecule has 2 aromatic rings. The van der Waals surface area contributed by atoms with E-state index >= 15 is 0 Å². The van der Waals surface area contributed by atoms with E-state index in [0.717, 1.165) is 60.9 Å². The summed E-state index contributed by atoms with van der Waals surface area (Å²) in [6.07, 6.45) is 9.48. The van der Waals surface area contributed by atoms with Crippen LogP contribution in [0.15, 0.2) is 24.3 Å². The molecule has 24 heavy (non-hydrogen) atoms. The number of rotatable bonds is 5. The van der Waals surface area contributed by atoms with Gasteiger partial charge in [-0.05, 0) is 49.7 Å². The number of carbonyl (C=O) groups is 1. The van der Waals surface area contributed by atoms with Gasteiger partial charge < -0.3 is 10.3 Å². The highest BCUT2D eigenvalue weighted by atomic mass is 16.1. The topological polar surface area (TPSA) is 57.8 Å². The summed E-state index contributed by atoms with van der Waals surface area (Å²) in [6, 6.07) is 8.10. The van der Waals surface area contributed by atoms with Crippen LogP contribution in [0.1, 0.15) is 50.8 Å². The molecule has 0 aliphatic heterocycles. The minimum atomic E-state index is 0.264. The van der Waals surface area contributed by atoms with Crippen molar-refractivity contribution >= 4 is 16.9 Å². The van der Waals surface area contributed by atoms with Gasteiger partial charge in [-0.2, -0.15) is 0 Å². The normalized spacial score (nSPS) is 26.4.